The highest BCUT2D eigenvalue weighted by molar-refractivity contribution is 5.83. The zero-order chi connectivity index (χ0) is 32.7. The Balaban J connectivity index is 1.88. The van der Waals surface area contributed by atoms with Gasteiger partial charge in [0.1, 0.15) is 30.5 Å². The van der Waals surface area contributed by atoms with E-state index < -0.39 is 104 Å². The second-order valence-corrected chi connectivity index (χ2v) is 11.6. The van der Waals surface area contributed by atoms with Gasteiger partial charge in [0, 0.05) is 25.6 Å². The van der Waals surface area contributed by atoms with Crippen LogP contribution in [0.2, 0.25) is 0 Å². The highest BCUT2D eigenvalue weighted by atomic mass is 19.1. The molecule has 0 spiro atoms. The van der Waals surface area contributed by atoms with Crippen molar-refractivity contribution >= 4 is 11.7 Å². The molecule has 0 aromatic carbocycles. The Kier molecular flexibility index (Phi) is 14.0. The van der Waals surface area contributed by atoms with Crippen LogP contribution in [0.1, 0.15) is 32.6 Å². The topological polar surface area (TPSA) is 310 Å². The van der Waals surface area contributed by atoms with Crippen molar-refractivity contribution in [3.8, 4) is 0 Å². The van der Waals surface area contributed by atoms with E-state index in [1.54, 1.807) is 6.92 Å². The number of Topliss-reactive ketones (excluding diaryl/α,β-unsaturated/α-hetero) is 1. The van der Waals surface area contributed by atoms with E-state index in [2.05, 4.69) is 10.3 Å². The van der Waals surface area contributed by atoms with Gasteiger partial charge in [0.15, 0.2) is 30.5 Å². The van der Waals surface area contributed by atoms with Crippen LogP contribution >= 0.6 is 0 Å². The van der Waals surface area contributed by atoms with Crippen LogP contribution in [0.3, 0.4) is 0 Å². The van der Waals surface area contributed by atoms with E-state index in [9.17, 15) is 30.3 Å². The lowest BCUT2D eigenvalue weighted by Gasteiger charge is -2.48. The number of halogens is 1. The normalized spacial score (nSPS) is 42.6. The van der Waals surface area contributed by atoms with Crippen LogP contribution in [0.25, 0.3) is 0 Å². The molecule has 2 saturated heterocycles. The number of nitrogens with one attached hydrogen (secondary N) is 1. The number of rotatable bonds is 13. The monoisotopic (exact) mass is 639 g/mol. The van der Waals surface area contributed by atoms with Crippen molar-refractivity contribution < 1.29 is 53.7 Å². The third-order valence-electron chi connectivity index (χ3n) is 8.31. The number of aliphatic hydroxyl groups is 5. The Bertz CT molecular complexity index is 944. The van der Waals surface area contributed by atoms with Crippen molar-refractivity contribution in [2.75, 3.05) is 26.2 Å². The van der Waals surface area contributed by atoms with Gasteiger partial charge in [-0.25, -0.2) is 4.39 Å². The molecule has 3 aliphatic rings. The molecular weight excluding hydrogens is 589 g/mol. The molecule has 16 N–H and O–H groups in total. The molecular formula is C26H50FN7O10. The number of aliphatic imine (C=N–C) groups is 1. The molecule has 3 rings (SSSR count). The van der Waals surface area contributed by atoms with E-state index in [0.29, 0.717) is 6.54 Å². The number of alkyl halides is 1. The van der Waals surface area contributed by atoms with Crippen molar-refractivity contribution in [3.05, 3.63) is 0 Å². The maximum Gasteiger partial charge on any atom is 0.188 e. The number of ether oxygens (including phenoxy) is 4. The fourth-order valence-corrected chi connectivity index (χ4v) is 5.89. The molecule has 0 amide bonds. The highest BCUT2D eigenvalue weighted by Gasteiger charge is 2.52. The summed E-state index contributed by atoms with van der Waals surface area (Å²) in [6.07, 6.45) is -15.6. The van der Waals surface area contributed by atoms with Crippen LogP contribution in [-0.2, 0) is 23.7 Å². The number of hydrogen-bond donors (Lipinski definition) is 11. The first kappa shape index (κ1) is 36.8. The van der Waals surface area contributed by atoms with Crippen molar-refractivity contribution in [3.63, 3.8) is 0 Å². The molecule has 18 heteroatoms. The fraction of sp³-hybridized carbons (Fsp3) is 0.923. The average Bonchev–Trinajstić information content (AvgIpc) is 2.97. The third kappa shape index (κ3) is 8.78. The summed E-state index contributed by atoms with van der Waals surface area (Å²) in [4.78, 5) is 16.8. The largest absolute Gasteiger partial charge is 0.394 e. The fourth-order valence-electron chi connectivity index (χ4n) is 5.89. The van der Waals surface area contributed by atoms with Crippen molar-refractivity contribution in [2.45, 2.75) is 118 Å². The first-order valence-electron chi connectivity index (χ1n) is 15.0. The minimum atomic E-state index is -2.05. The summed E-state index contributed by atoms with van der Waals surface area (Å²) in [5, 5.41) is 54.8. The number of hydrogen-bond acceptors (Lipinski definition) is 15. The number of carbonyl (C=O) groups is 1. The number of nitrogens with zero attached hydrogens (tertiary/aromatic N) is 1. The van der Waals surface area contributed by atoms with Gasteiger partial charge < -0.3 is 78.5 Å². The van der Waals surface area contributed by atoms with Gasteiger partial charge in [0.25, 0.3) is 0 Å². The van der Waals surface area contributed by atoms with Crippen molar-refractivity contribution in [1.29, 1.82) is 0 Å². The van der Waals surface area contributed by atoms with Crippen LogP contribution in [-0.4, -0.2) is 149 Å². The predicted molar refractivity (Wildman–Crippen MR) is 153 cm³/mol. The van der Waals surface area contributed by atoms with E-state index in [-0.39, 0.29) is 44.7 Å². The zero-order valence-electron chi connectivity index (χ0n) is 24.8. The van der Waals surface area contributed by atoms with Gasteiger partial charge in [-0.1, -0.05) is 0 Å². The summed E-state index contributed by atoms with van der Waals surface area (Å²) in [5.74, 6) is -1.63. The lowest BCUT2D eigenvalue weighted by molar-refractivity contribution is -0.315. The van der Waals surface area contributed by atoms with Crippen LogP contribution in [0.5, 0.6) is 0 Å². The van der Waals surface area contributed by atoms with Gasteiger partial charge >= 0.3 is 0 Å². The van der Waals surface area contributed by atoms with Gasteiger partial charge in [-0.2, -0.15) is 0 Å². The van der Waals surface area contributed by atoms with Crippen LogP contribution < -0.4 is 34.0 Å². The number of carbonyl (C=O) groups excluding carboxylic acids is 1. The summed E-state index contributed by atoms with van der Waals surface area (Å²) in [6.45, 7) is 1.34. The molecule has 3 fully saturated rings. The molecule has 15 atom stereocenters. The molecule has 1 aliphatic carbocycles. The van der Waals surface area contributed by atoms with Crippen LogP contribution in [0.4, 0.5) is 4.39 Å². The second kappa shape index (κ2) is 16.8. The van der Waals surface area contributed by atoms with E-state index in [1.807, 2.05) is 0 Å². The zero-order valence-corrected chi connectivity index (χ0v) is 24.8. The number of nitrogens with two attached hydrogens (primary N) is 5. The molecule has 1 saturated carbocycles. The summed E-state index contributed by atoms with van der Waals surface area (Å²) < 4.78 is 39.7. The molecule has 2 heterocycles. The Labute approximate surface area is 255 Å². The SMILES string of the molecule is CCN=C(N)NC1[C@@H](O)C(OC2[C@H](CC(=O)[C@@H](O)CCN)CC(N)[C@@H](O[C@H]3OC(CN)[C@@H](O)CC3N)[C@@H]2F)O[C@H](CO)[C@H]1O. The number of guanidine groups is 1. The lowest BCUT2D eigenvalue weighted by Crippen LogP contribution is -2.67. The Morgan fingerprint density at radius 1 is 1.05 bits per heavy atom. The molecule has 0 radical (unpaired) electrons. The first-order valence-corrected chi connectivity index (χ1v) is 15.0. The van der Waals surface area contributed by atoms with Gasteiger partial charge in [0.05, 0.1) is 37.0 Å². The molecule has 256 valence electrons. The van der Waals surface area contributed by atoms with E-state index in [4.69, 9.17) is 47.6 Å². The molecule has 2 aliphatic heterocycles. The minimum Gasteiger partial charge on any atom is -0.394 e. The molecule has 6 unspecified atom stereocenters. The van der Waals surface area contributed by atoms with Crippen LogP contribution in [0.15, 0.2) is 4.99 Å². The van der Waals surface area contributed by atoms with Crippen molar-refractivity contribution in [2.24, 2.45) is 39.6 Å². The molecule has 0 aromatic rings. The predicted octanol–water partition coefficient (Wildman–Crippen LogP) is -5.40. The average molecular weight is 640 g/mol. The van der Waals surface area contributed by atoms with Gasteiger partial charge in [-0.05, 0) is 38.6 Å². The minimum absolute atomic E-state index is 0.00636. The summed E-state index contributed by atoms with van der Waals surface area (Å²) in [6, 6.07) is -3.07. The molecule has 44 heavy (non-hydrogen) atoms. The number of ketones is 1. The summed E-state index contributed by atoms with van der Waals surface area (Å²) >= 11 is 0. The maximum atomic E-state index is 16.5. The second-order valence-electron chi connectivity index (χ2n) is 11.6. The Hall–Kier alpha value is -1.65. The maximum absolute atomic E-state index is 16.5. The summed E-state index contributed by atoms with van der Waals surface area (Å²) in [5.41, 5.74) is 29.5. The lowest BCUT2D eigenvalue weighted by atomic mass is 9.77. The van der Waals surface area contributed by atoms with Gasteiger partial charge in [0.2, 0.25) is 0 Å². The first-order chi connectivity index (χ1) is 20.9. The van der Waals surface area contributed by atoms with Gasteiger partial charge in [-0.3, -0.25) is 9.79 Å². The Morgan fingerprint density at radius 2 is 1.70 bits per heavy atom. The third-order valence-corrected chi connectivity index (χ3v) is 8.31. The quantitative estimate of drug-likeness (QED) is 0.0661. The van der Waals surface area contributed by atoms with E-state index in [1.165, 1.54) is 0 Å². The standard InChI is InChI=1S/C26H50FN7O10/c1-2-33-26(32)34-19-20(39)17(9-35)42-25(21(19)40)43-22-10(6-14(37)13(36)3-4-28)5-11(30)23(18(22)27)44-24-12(31)7-15(38)16(8-29)41-24/h10-13,15-25,35-36,38-40H,2-9,28-31H2,1H3,(H3,32,33,34)/t10-,11?,12?,13-,15-,16?,17+,18+,19?,20+,21+,22?,23+,24+,25?/m0/s1. The van der Waals surface area contributed by atoms with Crippen molar-refractivity contribution in [1.82, 2.24) is 5.32 Å². The van der Waals surface area contributed by atoms with E-state index in [0.717, 1.165) is 0 Å². The highest BCUT2D eigenvalue weighted by Crippen LogP contribution is 2.37. The molecule has 0 aromatic heterocycles. The molecule has 17 nitrogen and oxygen atoms in total. The van der Waals surface area contributed by atoms with E-state index >= 15 is 4.39 Å². The molecule has 0 bridgehead atoms. The van der Waals surface area contributed by atoms with Gasteiger partial charge in [-0.15, -0.1) is 0 Å². The smallest absolute Gasteiger partial charge is 0.188 e. The van der Waals surface area contributed by atoms with Crippen LogP contribution in [0, 0.1) is 5.92 Å². The Morgan fingerprint density at radius 3 is 2.32 bits per heavy atom. The number of aliphatic hydroxyl groups excluding tert-OH is 5. The summed E-state index contributed by atoms with van der Waals surface area (Å²) in [7, 11) is 0.